The number of ether oxygens (including phenoxy) is 3. The average Bonchev–Trinajstić information content (AvgIpc) is 1.36. The van der Waals surface area contributed by atoms with Crippen molar-refractivity contribution >= 4 is 24.1 Å². The predicted molar refractivity (Wildman–Crippen MR) is 326 cm³/mol. The Labute approximate surface area is 501 Å². The van der Waals surface area contributed by atoms with E-state index in [0.717, 1.165) is 128 Å². The lowest BCUT2D eigenvalue weighted by molar-refractivity contribution is -0.290. The maximum absolute atomic E-state index is 14.2. The maximum atomic E-state index is 14.2. The fourth-order valence-corrected chi connectivity index (χ4v) is 11.8. The number of H-pyrrole nitrogens is 1. The molecular formula is C69H75F2N7O8. The van der Waals surface area contributed by atoms with Crippen molar-refractivity contribution < 1.29 is 47.9 Å². The van der Waals surface area contributed by atoms with Crippen LogP contribution in [0.1, 0.15) is 163 Å². The molecule has 3 aromatic heterocycles. The predicted octanol–water partition coefficient (Wildman–Crippen LogP) is 13.6. The Bertz CT molecular complexity index is 3700. The summed E-state index contributed by atoms with van der Waals surface area (Å²) in [7, 11) is 0. The molecule has 0 saturated carbocycles. The summed E-state index contributed by atoms with van der Waals surface area (Å²) in [4.78, 5) is 34.1. The zero-order chi connectivity index (χ0) is 61.6. The molecule has 17 heteroatoms. The van der Waals surface area contributed by atoms with Crippen molar-refractivity contribution in [3.05, 3.63) is 159 Å². The number of halogens is 2. The van der Waals surface area contributed by atoms with Crippen LogP contribution < -0.4 is 0 Å². The van der Waals surface area contributed by atoms with E-state index in [1.165, 1.54) is 29.8 Å². The minimum atomic E-state index is -1.18. The summed E-state index contributed by atoms with van der Waals surface area (Å²) in [5.74, 6) is -2.40. The Kier molecular flexibility index (Phi) is 19.3. The summed E-state index contributed by atoms with van der Waals surface area (Å²) >= 11 is 0. The molecule has 0 spiro atoms. The molecule has 2 aliphatic carbocycles. The lowest BCUT2D eigenvalue weighted by Crippen LogP contribution is -2.45. The number of aliphatic hydroxyl groups is 2. The van der Waals surface area contributed by atoms with Gasteiger partial charge in [0, 0.05) is 40.7 Å². The van der Waals surface area contributed by atoms with E-state index >= 15 is 0 Å². The van der Waals surface area contributed by atoms with Crippen molar-refractivity contribution in [2.75, 3.05) is 0 Å². The van der Waals surface area contributed by atoms with Crippen LogP contribution in [-0.4, -0.2) is 93.7 Å². The standard InChI is InChI=1S/C38H43FN2O4.C31H32FN5O4/c1-23(2)35-31(18-17-28-20-29(44-38(6,7)43-28)21-33(42)45-37(3,4)5)34(26-13-15-27(39)16-14-26)30-10-8-9-25-12-11-24(22-40)19-32(25)36(30)41-35;1-17(2)29-25(13-12-22(38)15-23(39)16-27(40)41)28(19-8-10-21(32)11-9-19)24-5-3-4-18-6-7-20(31-34-36-37-35-31)14-26(18)30(24)33-29/h11-19,23,28-29H,8-10,20-21H2,1-7H3;6-14,17,22-23,38-39H,3-5,15-16H2,1-2H3,(H,40,41)(H,34,35,36,37)/b18-17+;13-12+/t28-,29-;22-,23-/m11/s1. The van der Waals surface area contributed by atoms with Gasteiger partial charge in [-0.25, -0.2) is 8.78 Å². The monoisotopic (exact) mass is 1170 g/mol. The Hall–Kier alpha value is -8.14. The molecule has 0 bridgehead atoms. The van der Waals surface area contributed by atoms with Gasteiger partial charge in [0.15, 0.2) is 5.79 Å². The maximum Gasteiger partial charge on any atom is 0.308 e. The average molecular weight is 1170 g/mol. The van der Waals surface area contributed by atoms with E-state index in [9.17, 15) is 33.8 Å². The van der Waals surface area contributed by atoms with Crippen LogP contribution in [0, 0.1) is 23.0 Å². The van der Waals surface area contributed by atoms with E-state index in [4.69, 9.17) is 29.3 Å². The van der Waals surface area contributed by atoms with Gasteiger partial charge in [-0.2, -0.15) is 10.5 Å². The first kappa shape index (κ1) is 62.4. The number of carbonyl (C=O) groups is 2. The van der Waals surface area contributed by atoms with Crippen LogP contribution in [0.4, 0.5) is 8.78 Å². The molecule has 0 amide bonds. The third kappa shape index (κ3) is 15.1. The van der Waals surface area contributed by atoms with E-state index < -0.39 is 36.0 Å². The number of pyridine rings is 2. The van der Waals surface area contributed by atoms with Gasteiger partial charge in [-0.15, -0.1) is 10.2 Å². The van der Waals surface area contributed by atoms with Crippen LogP contribution in [0.2, 0.25) is 0 Å². The molecule has 1 saturated heterocycles. The van der Waals surface area contributed by atoms with Gasteiger partial charge in [-0.3, -0.25) is 19.6 Å². The first-order valence-electron chi connectivity index (χ1n) is 29.5. The number of aliphatic hydroxyl groups excluding tert-OH is 2. The van der Waals surface area contributed by atoms with Crippen molar-refractivity contribution in [3.8, 4) is 62.2 Å². The van der Waals surface area contributed by atoms with E-state index in [2.05, 4.69) is 52.7 Å². The highest BCUT2D eigenvalue weighted by atomic mass is 19.1. The summed E-state index contributed by atoms with van der Waals surface area (Å²) < 4.78 is 46.2. The van der Waals surface area contributed by atoms with Gasteiger partial charge in [0.05, 0.1) is 71.7 Å². The fourth-order valence-electron chi connectivity index (χ4n) is 11.8. The molecule has 1 aliphatic heterocycles. The van der Waals surface area contributed by atoms with E-state index in [1.54, 1.807) is 24.3 Å². The van der Waals surface area contributed by atoms with Crippen molar-refractivity contribution in [2.45, 2.75) is 174 Å². The third-order valence-corrected chi connectivity index (χ3v) is 15.4. The number of nitrogens with one attached hydrogen (secondary N) is 1. The molecule has 0 unspecified atom stereocenters. The number of hydrogen-bond acceptors (Lipinski definition) is 13. The Morgan fingerprint density at radius 3 is 1.85 bits per heavy atom. The first-order chi connectivity index (χ1) is 40.9. The number of esters is 1. The van der Waals surface area contributed by atoms with E-state index in [0.29, 0.717) is 17.8 Å². The third-order valence-electron chi connectivity index (χ3n) is 15.4. The van der Waals surface area contributed by atoms with Crippen molar-refractivity contribution in [2.24, 2.45) is 0 Å². The Morgan fingerprint density at radius 1 is 0.779 bits per heavy atom. The summed E-state index contributed by atoms with van der Waals surface area (Å²) in [5.41, 5.74) is 16.1. The molecule has 1 fully saturated rings. The number of benzene rings is 4. The molecule has 15 nitrogen and oxygen atoms in total. The summed E-state index contributed by atoms with van der Waals surface area (Å²) in [5, 5.41) is 53.8. The number of aryl methyl sites for hydroxylation is 2. The van der Waals surface area contributed by atoms with Crippen LogP contribution in [0.3, 0.4) is 0 Å². The molecule has 86 heavy (non-hydrogen) atoms. The van der Waals surface area contributed by atoms with Crippen LogP contribution in [0.15, 0.2) is 97.1 Å². The van der Waals surface area contributed by atoms with Crippen LogP contribution in [0.5, 0.6) is 0 Å². The van der Waals surface area contributed by atoms with Crippen LogP contribution in [-0.2, 0) is 49.5 Å². The number of aromatic amines is 1. The van der Waals surface area contributed by atoms with E-state index in [-0.39, 0.29) is 54.5 Å². The minimum Gasteiger partial charge on any atom is -0.481 e. The second kappa shape index (κ2) is 26.6. The second-order valence-electron chi connectivity index (χ2n) is 24.4. The van der Waals surface area contributed by atoms with Crippen LogP contribution in [0.25, 0.3) is 68.3 Å². The molecule has 4 heterocycles. The Morgan fingerprint density at radius 2 is 1.33 bits per heavy atom. The molecule has 3 aliphatic rings. The van der Waals surface area contributed by atoms with Crippen molar-refractivity contribution in [1.29, 1.82) is 5.26 Å². The second-order valence-corrected chi connectivity index (χ2v) is 24.4. The molecule has 7 aromatic rings. The number of rotatable bonds is 15. The molecule has 448 valence electrons. The largest absolute Gasteiger partial charge is 0.481 e. The molecule has 10 rings (SSSR count). The lowest BCUT2D eigenvalue weighted by atomic mass is 9.86. The Balaban J connectivity index is 0.000000206. The van der Waals surface area contributed by atoms with Gasteiger partial charge in [0.2, 0.25) is 5.82 Å². The van der Waals surface area contributed by atoms with Gasteiger partial charge in [0.1, 0.15) is 17.2 Å². The number of aromatic nitrogens is 6. The number of hydrogen-bond donors (Lipinski definition) is 4. The topological polar surface area (TPSA) is 227 Å². The van der Waals surface area contributed by atoms with Gasteiger partial charge >= 0.3 is 11.9 Å². The van der Waals surface area contributed by atoms with Gasteiger partial charge in [-0.1, -0.05) is 94.5 Å². The number of aliphatic carboxylic acids is 1. The fraction of sp³-hybridized carbons (Fsp3) is 0.391. The molecule has 4 atom stereocenters. The zero-order valence-electron chi connectivity index (χ0n) is 50.2. The van der Waals surface area contributed by atoms with Crippen LogP contribution >= 0.6 is 0 Å². The minimum absolute atomic E-state index is 0.000912. The van der Waals surface area contributed by atoms with Gasteiger partial charge < -0.3 is 29.5 Å². The summed E-state index contributed by atoms with van der Waals surface area (Å²) in [6.07, 6.45) is 9.67. The van der Waals surface area contributed by atoms with Crippen molar-refractivity contribution in [3.63, 3.8) is 0 Å². The molecule has 4 N–H and O–H groups in total. The smallest absolute Gasteiger partial charge is 0.308 e. The van der Waals surface area contributed by atoms with Gasteiger partial charge in [-0.05, 0) is 177 Å². The van der Waals surface area contributed by atoms with Gasteiger partial charge in [0.25, 0.3) is 0 Å². The number of carbonyl (C=O) groups excluding carboxylic acids is 1. The number of tetrazole rings is 1. The quantitative estimate of drug-likeness (QED) is 0.0701. The van der Waals surface area contributed by atoms with Crippen molar-refractivity contribution in [1.82, 2.24) is 30.6 Å². The highest BCUT2D eigenvalue weighted by Crippen LogP contribution is 2.45. The lowest BCUT2D eigenvalue weighted by Gasteiger charge is -2.40. The zero-order valence-corrected chi connectivity index (χ0v) is 50.2. The molecular weight excluding hydrogens is 1090 g/mol. The summed E-state index contributed by atoms with van der Waals surface area (Å²) in [6.45, 7) is 17.6. The number of nitrogens with zero attached hydrogens (tertiary/aromatic N) is 6. The SMILES string of the molecule is CC(C)c1nc2c(c(-c3ccc(F)cc3)c1/C=C/[C@@H](O)C[C@@H](O)CC(=O)O)CCCc1ccc(-c3nn[nH]n3)cc1-2.CC(C)c1nc2c(c(-c3ccc(F)cc3)c1/C=C/[C@@H]1C[C@H](CC(=O)OC(C)(C)C)OC(C)(C)O1)CCCc1ccc(C#N)cc1-2. The van der Waals surface area contributed by atoms with E-state index in [1.807, 2.05) is 97.0 Å². The normalized spacial score (nSPS) is 17.1. The summed E-state index contributed by atoms with van der Waals surface area (Å²) in [6, 6.07) is 27.3. The highest BCUT2D eigenvalue weighted by Gasteiger charge is 2.37. The number of carboxylic acids is 1. The highest BCUT2D eigenvalue weighted by molar-refractivity contribution is 5.88. The number of nitriles is 1. The molecule has 0 radical (unpaired) electrons. The first-order valence-corrected chi connectivity index (χ1v) is 29.5. The molecule has 4 aromatic carbocycles. The number of fused-ring (bicyclic) bond motifs is 6. The number of carboxylic acid groups (broad SMARTS) is 1.